The second kappa shape index (κ2) is 5.20. The summed E-state index contributed by atoms with van der Waals surface area (Å²) in [5.74, 6) is 0.129. The van der Waals surface area contributed by atoms with Crippen molar-refractivity contribution >= 4 is 11.8 Å². The first-order valence-electron chi connectivity index (χ1n) is 8.72. The maximum absolute atomic E-state index is 11.7. The molecule has 4 rings (SSSR count). The molecule has 1 aliphatic heterocycles. The van der Waals surface area contributed by atoms with Gasteiger partial charge in [0.25, 0.3) is 0 Å². The van der Waals surface area contributed by atoms with Crippen molar-refractivity contribution < 1.29 is 15.0 Å². The van der Waals surface area contributed by atoms with Gasteiger partial charge in [0.1, 0.15) is 11.4 Å². The van der Waals surface area contributed by atoms with Crippen molar-refractivity contribution in [2.45, 2.75) is 51.0 Å². The van der Waals surface area contributed by atoms with E-state index in [1.54, 1.807) is 6.07 Å². The van der Waals surface area contributed by atoms with E-state index in [2.05, 4.69) is 6.92 Å². The number of aromatic carboxylic acids is 1. The molecule has 23 heavy (non-hydrogen) atoms. The van der Waals surface area contributed by atoms with E-state index >= 15 is 0 Å². The number of carboxylic acids is 1. The molecule has 124 valence electrons. The molecule has 3 aliphatic rings. The van der Waals surface area contributed by atoms with Gasteiger partial charge in [-0.15, -0.1) is 0 Å². The maximum Gasteiger partial charge on any atom is 0.339 e. The van der Waals surface area contributed by atoms with Crippen LogP contribution in [0.15, 0.2) is 6.07 Å². The summed E-state index contributed by atoms with van der Waals surface area (Å²) in [5, 5.41) is 20.7. The molecule has 0 aromatic carbocycles. The first kappa shape index (κ1) is 14.9. The Hall–Kier alpha value is -1.62. The van der Waals surface area contributed by atoms with Gasteiger partial charge in [0, 0.05) is 24.7 Å². The van der Waals surface area contributed by atoms with Crippen molar-refractivity contribution in [1.29, 1.82) is 0 Å². The molecular weight excluding hydrogens is 292 g/mol. The summed E-state index contributed by atoms with van der Waals surface area (Å²) in [6.45, 7) is 3.26. The van der Waals surface area contributed by atoms with Crippen LogP contribution in [0.2, 0.25) is 0 Å². The second-order valence-corrected chi connectivity index (χ2v) is 7.52. The number of rotatable bonds is 3. The van der Waals surface area contributed by atoms with Crippen LogP contribution in [0, 0.1) is 11.8 Å². The van der Waals surface area contributed by atoms with E-state index in [0.717, 1.165) is 43.4 Å². The Labute approximate surface area is 136 Å². The number of β-amino-alcohol motifs (C(OH)–C–C–N with tert-alkyl or cyclic N) is 1. The van der Waals surface area contributed by atoms with Crippen LogP contribution in [0.4, 0.5) is 5.82 Å². The molecule has 2 N–H and O–H groups in total. The van der Waals surface area contributed by atoms with Gasteiger partial charge in [0.2, 0.25) is 0 Å². The Balaban J connectivity index is 1.69. The van der Waals surface area contributed by atoms with Crippen molar-refractivity contribution in [3.63, 3.8) is 0 Å². The summed E-state index contributed by atoms with van der Waals surface area (Å²) < 4.78 is 0. The highest BCUT2D eigenvalue weighted by molar-refractivity contribution is 5.93. The lowest BCUT2D eigenvalue weighted by atomic mass is 9.69. The van der Waals surface area contributed by atoms with Crippen molar-refractivity contribution in [3.8, 4) is 0 Å². The van der Waals surface area contributed by atoms with E-state index in [0.29, 0.717) is 24.8 Å². The fraction of sp³-hybridized carbons (Fsp3) is 0.667. The molecule has 1 saturated carbocycles. The van der Waals surface area contributed by atoms with Crippen molar-refractivity contribution in [1.82, 2.24) is 4.98 Å². The molecule has 0 radical (unpaired) electrons. The Kier molecular flexibility index (Phi) is 3.38. The molecule has 2 atom stereocenters. The maximum atomic E-state index is 11.7. The van der Waals surface area contributed by atoms with Crippen LogP contribution in [-0.2, 0) is 12.8 Å². The van der Waals surface area contributed by atoms with Gasteiger partial charge in [-0.25, -0.2) is 9.78 Å². The van der Waals surface area contributed by atoms with Crippen LogP contribution in [0.25, 0.3) is 0 Å². The third kappa shape index (κ3) is 2.24. The Bertz CT molecular complexity index is 656. The number of nitrogens with zero attached hydrogens (tertiary/aromatic N) is 2. The number of pyridine rings is 1. The zero-order valence-corrected chi connectivity index (χ0v) is 13.6. The molecular formula is C18H24N2O3. The molecule has 5 heteroatoms. The normalized spacial score (nSPS) is 30.3. The van der Waals surface area contributed by atoms with Crippen molar-refractivity contribution in [2.24, 2.45) is 11.8 Å². The molecule has 1 saturated heterocycles. The van der Waals surface area contributed by atoms with Gasteiger partial charge < -0.3 is 15.1 Å². The zero-order valence-electron chi connectivity index (χ0n) is 13.6. The highest BCUT2D eigenvalue weighted by atomic mass is 16.4. The smallest absolute Gasteiger partial charge is 0.339 e. The number of carboxylic acid groups (broad SMARTS) is 1. The minimum atomic E-state index is -0.922. The van der Waals surface area contributed by atoms with E-state index < -0.39 is 11.6 Å². The lowest BCUT2D eigenvalue weighted by Crippen LogP contribution is -2.47. The Morgan fingerprint density at radius 2 is 2.13 bits per heavy atom. The number of hydrogen-bond acceptors (Lipinski definition) is 4. The number of fused-ring (bicyclic) bond motifs is 1. The number of carbonyl (C=O) groups is 1. The molecule has 0 unspecified atom stereocenters. The van der Waals surface area contributed by atoms with Gasteiger partial charge in [0.15, 0.2) is 0 Å². The quantitative estimate of drug-likeness (QED) is 0.895. The summed E-state index contributed by atoms with van der Waals surface area (Å²) >= 11 is 0. The topological polar surface area (TPSA) is 73.7 Å². The van der Waals surface area contributed by atoms with Crippen LogP contribution in [-0.4, -0.2) is 39.9 Å². The van der Waals surface area contributed by atoms with E-state index in [9.17, 15) is 15.0 Å². The number of aryl methyl sites for hydroxylation is 2. The van der Waals surface area contributed by atoms with Crippen molar-refractivity contribution in [2.75, 3.05) is 18.0 Å². The minimum Gasteiger partial charge on any atom is -0.478 e. The standard InChI is InChI=1S/C18H24N2O3/c1-11-9-20(10-18(11,23)13-5-3-6-13)16-14(17(21)22)8-12-4-2-7-15(12)19-16/h8,11,13,23H,2-7,9-10H2,1H3,(H,21,22)/t11-,18+/m1/s1. The average Bonchev–Trinajstić information content (AvgIpc) is 3.00. The van der Waals surface area contributed by atoms with Crippen LogP contribution >= 0.6 is 0 Å². The minimum absolute atomic E-state index is 0.143. The molecule has 1 aromatic rings. The highest BCUT2D eigenvalue weighted by Crippen LogP contribution is 2.45. The molecule has 0 spiro atoms. The SMILES string of the molecule is C[C@@H]1CN(c2nc3c(cc2C(=O)O)CCC3)C[C@@]1(O)C1CCC1. The summed E-state index contributed by atoms with van der Waals surface area (Å²) in [6.07, 6.45) is 6.25. The van der Waals surface area contributed by atoms with Crippen molar-refractivity contribution in [3.05, 3.63) is 22.9 Å². The van der Waals surface area contributed by atoms with Gasteiger partial charge in [-0.05, 0) is 49.7 Å². The van der Waals surface area contributed by atoms with E-state index in [1.165, 1.54) is 6.42 Å². The monoisotopic (exact) mass is 316 g/mol. The van der Waals surface area contributed by atoms with Crippen LogP contribution in [0.1, 0.15) is 54.2 Å². The predicted molar refractivity (Wildman–Crippen MR) is 86.9 cm³/mol. The lowest BCUT2D eigenvalue weighted by Gasteiger charge is -2.41. The number of aromatic nitrogens is 1. The molecule has 2 aliphatic carbocycles. The number of anilines is 1. The summed E-state index contributed by atoms with van der Waals surface area (Å²) in [6, 6.07) is 1.80. The highest BCUT2D eigenvalue weighted by Gasteiger charge is 2.50. The molecule has 2 fully saturated rings. The fourth-order valence-electron chi connectivity index (χ4n) is 4.48. The van der Waals surface area contributed by atoms with Gasteiger partial charge in [-0.2, -0.15) is 0 Å². The zero-order chi connectivity index (χ0) is 16.2. The molecule has 2 heterocycles. The molecule has 1 aromatic heterocycles. The average molecular weight is 316 g/mol. The van der Waals surface area contributed by atoms with E-state index in [4.69, 9.17) is 4.98 Å². The van der Waals surface area contributed by atoms with Gasteiger partial charge >= 0.3 is 5.97 Å². The van der Waals surface area contributed by atoms with Crippen LogP contribution in [0.5, 0.6) is 0 Å². The summed E-state index contributed by atoms with van der Waals surface area (Å²) in [7, 11) is 0. The van der Waals surface area contributed by atoms with Crippen LogP contribution < -0.4 is 4.90 Å². The fourth-order valence-corrected chi connectivity index (χ4v) is 4.48. The van der Waals surface area contributed by atoms with Gasteiger partial charge in [0.05, 0.1) is 5.60 Å². The summed E-state index contributed by atoms with van der Waals surface area (Å²) in [4.78, 5) is 18.4. The van der Waals surface area contributed by atoms with Gasteiger partial charge in [-0.3, -0.25) is 0 Å². The third-order valence-electron chi connectivity index (χ3n) is 6.16. The van der Waals surface area contributed by atoms with E-state index in [1.807, 2.05) is 4.90 Å². The Morgan fingerprint density at radius 1 is 1.35 bits per heavy atom. The molecule has 0 bridgehead atoms. The second-order valence-electron chi connectivity index (χ2n) is 7.52. The van der Waals surface area contributed by atoms with Gasteiger partial charge in [-0.1, -0.05) is 13.3 Å². The molecule has 0 amide bonds. The predicted octanol–water partition coefficient (Wildman–Crippen LogP) is 2.26. The number of aliphatic hydroxyl groups is 1. The first-order valence-corrected chi connectivity index (χ1v) is 8.72. The lowest BCUT2D eigenvalue weighted by molar-refractivity contribution is -0.0615. The summed E-state index contributed by atoms with van der Waals surface area (Å²) in [5.41, 5.74) is 1.70. The largest absolute Gasteiger partial charge is 0.478 e. The third-order valence-corrected chi connectivity index (χ3v) is 6.16. The first-order chi connectivity index (χ1) is 11.0. The van der Waals surface area contributed by atoms with E-state index in [-0.39, 0.29) is 11.5 Å². The number of hydrogen-bond donors (Lipinski definition) is 2. The van der Waals surface area contributed by atoms with Crippen LogP contribution in [0.3, 0.4) is 0 Å². The molecule has 5 nitrogen and oxygen atoms in total. The Morgan fingerprint density at radius 3 is 2.78 bits per heavy atom.